The maximum atomic E-state index is 12.0. The molecule has 1 saturated heterocycles. The molecule has 16 heavy (non-hydrogen) atoms. The molecule has 0 aliphatic carbocycles. The first-order valence-corrected chi connectivity index (χ1v) is 7.07. The zero-order valence-electron chi connectivity index (χ0n) is 9.69. The van der Waals surface area contributed by atoms with Gasteiger partial charge in [-0.2, -0.15) is 11.8 Å². The van der Waals surface area contributed by atoms with Gasteiger partial charge in [-0.1, -0.05) is 6.92 Å². The molecule has 4 heteroatoms. The van der Waals surface area contributed by atoms with E-state index < -0.39 is 0 Å². The fourth-order valence-electron chi connectivity index (χ4n) is 2.04. The van der Waals surface area contributed by atoms with Crippen molar-refractivity contribution in [1.82, 2.24) is 9.55 Å². The molecule has 2 rings (SSSR count). The maximum absolute atomic E-state index is 12.0. The number of nitrogens with zero attached hydrogens (tertiary/aromatic N) is 2. The van der Waals surface area contributed by atoms with E-state index in [4.69, 9.17) is 0 Å². The summed E-state index contributed by atoms with van der Waals surface area (Å²) in [5, 5.41) is 0. The van der Waals surface area contributed by atoms with Crippen LogP contribution in [0.1, 0.15) is 25.6 Å². The van der Waals surface area contributed by atoms with Gasteiger partial charge in [0.2, 0.25) is 0 Å². The van der Waals surface area contributed by atoms with Crippen molar-refractivity contribution in [2.75, 3.05) is 11.5 Å². The van der Waals surface area contributed by atoms with E-state index in [2.05, 4.69) is 16.5 Å². The molecule has 1 aliphatic rings. The van der Waals surface area contributed by atoms with Crippen molar-refractivity contribution >= 4 is 17.5 Å². The van der Waals surface area contributed by atoms with Gasteiger partial charge in [0, 0.05) is 30.6 Å². The van der Waals surface area contributed by atoms with E-state index in [1.807, 2.05) is 18.0 Å². The Bertz CT molecular complexity index is 356. The summed E-state index contributed by atoms with van der Waals surface area (Å²) in [6, 6.07) is 0. The summed E-state index contributed by atoms with van der Waals surface area (Å²) in [6.07, 6.45) is 6.41. The van der Waals surface area contributed by atoms with E-state index in [1.54, 1.807) is 6.20 Å². The number of aryl methyl sites for hydroxylation is 1. The first-order valence-electron chi connectivity index (χ1n) is 5.91. The first-order chi connectivity index (χ1) is 7.81. The minimum absolute atomic E-state index is 0.275. The molecule has 0 amide bonds. The maximum Gasteiger partial charge on any atom is 0.144 e. The molecule has 1 fully saturated rings. The second-order valence-corrected chi connectivity index (χ2v) is 5.39. The van der Waals surface area contributed by atoms with Crippen molar-refractivity contribution in [2.45, 2.75) is 32.7 Å². The zero-order chi connectivity index (χ0) is 11.4. The average molecular weight is 238 g/mol. The molecular formula is C12H18N2OS. The number of rotatable bonds is 5. The Kier molecular flexibility index (Phi) is 4.04. The minimum Gasteiger partial charge on any atom is -0.335 e. The lowest BCUT2D eigenvalue weighted by molar-refractivity contribution is -0.121. The van der Waals surface area contributed by atoms with Crippen LogP contribution in [0.4, 0.5) is 0 Å². The minimum atomic E-state index is 0.275. The van der Waals surface area contributed by atoms with Crippen LogP contribution in [0.5, 0.6) is 0 Å². The van der Waals surface area contributed by atoms with Gasteiger partial charge in [-0.05, 0) is 18.6 Å². The van der Waals surface area contributed by atoms with Gasteiger partial charge in [0.25, 0.3) is 0 Å². The number of imidazole rings is 1. The number of thioether (sulfide) groups is 1. The highest BCUT2D eigenvalue weighted by molar-refractivity contribution is 7.99. The topological polar surface area (TPSA) is 34.9 Å². The van der Waals surface area contributed by atoms with Crippen LogP contribution in [0.15, 0.2) is 12.4 Å². The van der Waals surface area contributed by atoms with Crippen LogP contribution < -0.4 is 0 Å². The Balaban J connectivity index is 1.96. The molecule has 1 aromatic heterocycles. The van der Waals surface area contributed by atoms with E-state index in [-0.39, 0.29) is 5.92 Å². The lowest BCUT2D eigenvalue weighted by Crippen LogP contribution is -2.18. The van der Waals surface area contributed by atoms with Gasteiger partial charge < -0.3 is 4.57 Å². The normalized spacial score (nSPS) is 20.2. The third kappa shape index (κ3) is 2.67. The predicted octanol–water partition coefficient (Wildman–Crippen LogP) is 2.16. The second-order valence-electron chi connectivity index (χ2n) is 4.24. The fourth-order valence-corrected chi connectivity index (χ4v) is 3.30. The SMILES string of the molecule is CCCn1ccnc1CC(=O)C1CCSC1. The fraction of sp³-hybridized carbons (Fsp3) is 0.667. The Morgan fingerprint density at radius 2 is 2.56 bits per heavy atom. The lowest BCUT2D eigenvalue weighted by Gasteiger charge is -2.08. The Labute approximate surface area is 101 Å². The summed E-state index contributed by atoms with van der Waals surface area (Å²) in [7, 11) is 0. The summed E-state index contributed by atoms with van der Waals surface area (Å²) in [5.74, 6) is 3.72. The van der Waals surface area contributed by atoms with Crippen LogP contribution in [0.25, 0.3) is 0 Å². The summed E-state index contributed by atoms with van der Waals surface area (Å²) in [4.78, 5) is 16.3. The van der Waals surface area contributed by atoms with Gasteiger partial charge in [0.1, 0.15) is 11.6 Å². The average Bonchev–Trinajstić information content (AvgIpc) is 2.90. The molecule has 0 saturated carbocycles. The first kappa shape index (κ1) is 11.7. The van der Waals surface area contributed by atoms with Gasteiger partial charge in [-0.15, -0.1) is 0 Å². The van der Waals surface area contributed by atoms with Crippen molar-refractivity contribution in [3.63, 3.8) is 0 Å². The highest BCUT2D eigenvalue weighted by atomic mass is 32.2. The van der Waals surface area contributed by atoms with Crippen molar-refractivity contribution < 1.29 is 4.79 Å². The summed E-state index contributed by atoms with van der Waals surface area (Å²) >= 11 is 1.89. The molecule has 0 spiro atoms. The van der Waals surface area contributed by atoms with Crippen LogP contribution in [-0.2, 0) is 17.8 Å². The standard InChI is InChI=1S/C12H18N2OS/c1-2-5-14-6-4-13-12(14)8-11(15)10-3-7-16-9-10/h4,6,10H,2-3,5,7-9H2,1H3. The molecule has 2 heterocycles. The molecule has 1 unspecified atom stereocenters. The number of hydrogen-bond donors (Lipinski definition) is 0. The number of aromatic nitrogens is 2. The molecule has 1 atom stereocenters. The van der Waals surface area contributed by atoms with Gasteiger partial charge in [-0.3, -0.25) is 4.79 Å². The molecule has 0 N–H and O–H groups in total. The number of carbonyl (C=O) groups excluding carboxylic acids is 1. The summed E-state index contributed by atoms with van der Waals surface area (Å²) < 4.78 is 2.10. The molecule has 1 aliphatic heterocycles. The van der Waals surface area contributed by atoms with E-state index >= 15 is 0 Å². The molecular weight excluding hydrogens is 220 g/mol. The second kappa shape index (κ2) is 5.53. The lowest BCUT2D eigenvalue weighted by atomic mass is 10.0. The number of carbonyl (C=O) groups is 1. The third-order valence-electron chi connectivity index (χ3n) is 2.98. The number of ketones is 1. The van der Waals surface area contributed by atoms with Crippen LogP contribution in [0.2, 0.25) is 0 Å². The van der Waals surface area contributed by atoms with Gasteiger partial charge in [-0.25, -0.2) is 4.98 Å². The summed E-state index contributed by atoms with van der Waals surface area (Å²) in [5.41, 5.74) is 0. The number of hydrogen-bond acceptors (Lipinski definition) is 3. The Morgan fingerprint density at radius 3 is 3.25 bits per heavy atom. The summed E-state index contributed by atoms with van der Waals surface area (Å²) in [6.45, 7) is 3.10. The van der Waals surface area contributed by atoms with E-state index in [0.717, 1.165) is 36.7 Å². The van der Waals surface area contributed by atoms with Crippen molar-refractivity contribution in [3.8, 4) is 0 Å². The zero-order valence-corrected chi connectivity index (χ0v) is 10.5. The Hall–Kier alpha value is -0.770. The molecule has 1 aromatic rings. The highest BCUT2D eigenvalue weighted by Crippen LogP contribution is 2.25. The van der Waals surface area contributed by atoms with Gasteiger partial charge in [0.05, 0.1) is 6.42 Å². The van der Waals surface area contributed by atoms with E-state index in [0.29, 0.717) is 12.2 Å². The molecule has 0 bridgehead atoms. The molecule has 0 aromatic carbocycles. The van der Waals surface area contributed by atoms with Crippen LogP contribution in [-0.4, -0.2) is 26.8 Å². The van der Waals surface area contributed by atoms with Crippen LogP contribution >= 0.6 is 11.8 Å². The van der Waals surface area contributed by atoms with E-state index in [9.17, 15) is 4.79 Å². The van der Waals surface area contributed by atoms with Gasteiger partial charge in [0.15, 0.2) is 0 Å². The van der Waals surface area contributed by atoms with Crippen molar-refractivity contribution in [3.05, 3.63) is 18.2 Å². The predicted molar refractivity (Wildman–Crippen MR) is 66.7 cm³/mol. The number of Topliss-reactive ketones (excluding diaryl/α,β-unsaturated/α-hetero) is 1. The van der Waals surface area contributed by atoms with Crippen LogP contribution in [0.3, 0.4) is 0 Å². The van der Waals surface area contributed by atoms with E-state index in [1.165, 1.54) is 0 Å². The van der Waals surface area contributed by atoms with Crippen molar-refractivity contribution in [2.24, 2.45) is 5.92 Å². The van der Waals surface area contributed by atoms with Crippen LogP contribution in [0, 0.1) is 5.92 Å². The highest BCUT2D eigenvalue weighted by Gasteiger charge is 2.24. The molecule has 3 nitrogen and oxygen atoms in total. The smallest absolute Gasteiger partial charge is 0.144 e. The van der Waals surface area contributed by atoms with Gasteiger partial charge >= 0.3 is 0 Å². The monoisotopic (exact) mass is 238 g/mol. The Morgan fingerprint density at radius 1 is 1.69 bits per heavy atom. The largest absolute Gasteiger partial charge is 0.335 e. The third-order valence-corrected chi connectivity index (χ3v) is 4.15. The molecule has 0 radical (unpaired) electrons. The molecule has 88 valence electrons. The quantitative estimate of drug-likeness (QED) is 0.788. The van der Waals surface area contributed by atoms with Crippen molar-refractivity contribution in [1.29, 1.82) is 0 Å².